The molecular formula is C18H23F2N3O2. The molecule has 5 nitrogen and oxygen atoms in total. The van der Waals surface area contributed by atoms with Gasteiger partial charge < -0.3 is 15.4 Å². The van der Waals surface area contributed by atoms with Crippen molar-refractivity contribution in [2.24, 2.45) is 5.41 Å². The van der Waals surface area contributed by atoms with Gasteiger partial charge in [0.05, 0.1) is 5.52 Å². The average molecular weight is 351 g/mol. The predicted molar refractivity (Wildman–Crippen MR) is 94.1 cm³/mol. The van der Waals surface area contributed by atoms with Crippen molar-refractivity contribution in [3.8, 4) is 5.75 Å². The number of pyridine rings is 1. The van der Waals surface area contributed by atoms with E-state index in [1.165, 1.54) is 12.1 Å². The van der Waals surface area contributed by atoms with Gasteiger partial charge in [-0.15, -0.1) is 0 Å². The Bertz CT molecular complexity index is 758. The van der Waals surface area contributed by atoms with Gasteiger partial charge in [-0.05, 0) is 31.2 Å². The molecule has 2 N–H and O–H groups in total. The lowest BCUT2D eigenvalue weighted by Crippen LogP contribution is -2.37. The molecule has 0 aliphatic rings. The fourth-order valence-corrected chi connectivity index (χ4v) is 2.30. The highest BCUT2D eigenvalue weighted by Gasteiger charge is 2.20. The highest BCUT2D eigenvalue weighted by Crippen LogP contribution is 2.28. The number of nitrogens with zero attached hydrogens (tertiary/aromatic N) is 1. The van der Waals surface area contributed by atoms with Crippen LogP contribution in [0, 0.1) is 12.3 Å². The Morgan fingerprint density at radius 3 is 2.60 bits per heavy atom. The zero-order valence-corrected chi connectivity index (χ0v) is 14.8. The number of aromatic nitrogens is 1. The molecule has 0 aliphatic heterocycles. The standard InChI is InChI=1S/C18H23F2N3O2/c1-11-9-15(21-7-8-22-16(24)18(2,3)4)13-10-12(25-17(19)20)5-6-14(13)23-11/h5-6,9-10,17H,7-8H2,1-4H3,(H,21,23)(H,22,24). The number of amides is 1. The number of ether oxygens (including phenoxy) is 1. The van der Waals surface area contributed by atoms with Crippen molar-refractivity contribution in [3.63, 3.8) is 0 Å². The van der Waals surface area contributed by atoms with Gasteiger partial charge in [-0.3, -0.25) is 9.78 Å². The number of anilines is 1. The van der Waals surface area contributed by atoms with E-state index >= 15 is 0 Å². The fourth-order valence-electron chi connectivity index (χ4n) is 2.30. The van der Waals surface area contributed by atoms with Crippen molar-refractivity contribution in [2.45, 2.75) is 34.3 Å². The first-order valence-electron chi connectivity index (χ1n) is 8.05. The third-order valence-corrected chi connectivity index (χ3v) is 3.54. The molecule has 0 atom stereocenters. The van der Waals surface area contributed by atoms with Crippen molar-refractivity contribution in [2.75, 3.05) is 18.4 Å². The van der Waals surface area contributed by atoms with Gasteiger partial charge >= 0.3 is 6.61 Å². The number of carbonyl (C=O) groups is 1. The van der Waals surface area contributed by atoms with Crippen molar-refractivity contribution >= 4 is 22.5 Å². The minimum Gasteiger partial charge on any atom is -0.435 e. The molecule has 0 fully saturated rings. The lowest BCUT2D eigenvalue weighted by Gasteiger charge is -2.18. The molecule has 2 rings (SSSR count). The Morgan fingerprint density at radius 2 is 1.96 bits per heavy atom. The Kier molecular flexibility index (Phi) is 5.77. The number of carbonyl (C=O) groups excluding carboxylic acids is 1. The molecule has 7 heteroatoms. The predicted octanol–water partition coefficient (Wildman–Crippen LogP) is 3.72. The van der Waals surface area contributed by atoms with Crippen LogP contribution in [0.1, 0.15) is 26.5 Å². The highest BCUT2D eigenvalue weighted by molar-refractivity contribution is 5.92. The summed E-state index contributed by atoms with van der Waals surface area (Å²) in [7, 11) is 0. The van der Waals surface area contributed by atoms with Gasteiger partial charge in [0.2, 0.25) is 5.91 Å². The van der Waals surface area contributed by atoms with Crippen LogP contribution in [0.4, 0.5) is 14.5 Å². The monoisotopic (exact) mass is 351 g/mol. The number of alkyl halides is 2. The lowest BCUT2D eigenvalue weighted by molar-refractivity contribution is -0.128. The number of benzene rings is 1. The van der Waals surface area contributed by atoms with Crippen LogP contribution in [-0.4, -0.2) is 30.6 Å². The van der Waals surface area contributed by atoms with E-state index in [1.54, 1.807) is 6.07 Å². The summed E-state index contributed by atoms with van der Waals surface area (Å²) >= 11 is 0. The van der Waals surface area contributed by atoms with E-state index < -0.39 is 12.0 Å². The number of hydrogen-bond donors (Lipinski definition) is 2. The summed E-state index contributed by atoms with van der Waals surface area (Å²) in [6.07, 6.45) is 0. The minimum absolute atomic E-state index is 0.0299. The zero-order chi connectivity index (χ0) is 18.6. The molecule has 0 saturated heterocycles. The van der Waals surface area contributed by atoms with Gasteiger partial charge in [0.1, 0.15) is 5.75 Å². The quantitative estimate of drug-likeness (QED) is 0.779. The van der Waals surface area contributed by atoms with E-state index in [-0.39, 0.29) is 11.7 Å². The number of aryl methyl sites for hydroxylation is 1. The maximum Gasteiger partial charge on any atom is 0.387 e. The largest absolute Gasteiger partial charge is 0.435 e. The summed E-state index contributed by atoms with van der Waals surface area (Å²) < 4.78 is 29.3. The first-order valence-corrected chi connectivity index (χ1v) is 8.05. The molecule has 0 radical (unpaired) electrons. The number of nitrogens with one attached hydrogen (secondary N) is 2. The summed E-state index contributed by atoms with van der Waals surface area (Å²) in [5.74, 6) is 0.0509. The second-order valence-electron chi connectivity index (χ2n) is 6.80. The molecule has 1 amide bonds. The van der Waals surface area contributed by atoms with Gasteiger partial charge in [-0.2, -0.15) is 8.78 Å². The van der Waals surface area contributed by atoms with E-state index in [1.807, 2.05) is 33.8 Å². The smallest absolute Gasteiger partial charge is 0.387 e. The summed E-state index contributed by atoms with van der Waals surface area (Å²) in [4.78, 5) is 16.2. The third-order valence-electron chi connectivity index (χ3n) is 3.54. The molecular weight excluding hydrogens is 328 g/mol. The fraction of sp³-hybridized carbons (Fsp3) is 0.444. The average Bonchev–Trinajstić information content (AvgIpc) is 2.50. The number of rotatable bonds is 6. The Hall–Kier alpha value is -2.44. The van der Waals surface area contributed by atoms with E-state index in [4.69, 9.17) is 0 Å². The zero-order valence-electron chi connectivity index (χ0n) is 14.8. The van der Waals surface area contributed by atoms with Crippen LogP contribution in [-0.2, 0) is 4.79 Å². The van der Waals surface area contributed by atoms with Crippen LogP contribution in [0.3, 0.4) is 0 Å². The minimum atomic E-state index is -2.88. The maximum atomic E-state index is 12.4. The molecule has 1 aromatic heterocycles. The van der Waals surface area contributed by atoms with E-state index in [0.29, 0.717) is 24.0 Å². The molecule has 0 unspecified atom stereocenters. The van der Waals surface area contributed by atoms with Gasteiger partial charge in [0, 0.05) is 35.3 Å². The molecule has 1 heterocycles. The van der Waals surface area contributed by atoms with E-state index in [0.717, 1.165) is 11.4 Å². The molecule has 25 heavy (non-hydrogen) atoms. The number of fused-ring (bicyclic) bond motifs is 1. The molecule has 0 bridgehead atoms. The van der Waals surface area contributed by atoms with Crippen LogP contribution >= 0.6 is 0 Å². The van der Waals surface area contributed by atoms with E-state index in [2.05, 4.69) is 20.4 Å². The third kappa shape index (κ3) is 5.27. The summed E-state index contributed by atoms with van der Waals surface area (Å²) in [5, 5.41) is 6.76. The molecule has 0 aliphatic carbocycles. The molecule has 2 aromatic rings. The Balaban J connectivity index is 2.12. The van der Waals surface area contributed by atoms with Crippen LogP contribution in [0.15, 0.2) is 24.3 Å². The van der Waals surface area contributed by atoms with Crippen molar-refractivity contribution in [1.82, 2.24) is 10.3 Å². The van der Waals surface area contributed by atoms with Gasteiger partial charge in [-0.1, -0.05) is 20.8 Å². The first kappa shape index (κ1) is 18.9. The van der Waals surface area contributed by atoms with Crippen molar-refractivity contribution < 1.29 is 18.3 Å². The van der Waals surface area contributed by atoms with Gasteiger partial charge in [-0.25, -0.2) is 0 Å². The SMILES string of the molecule is Cc1cc(NCCNC(=O)C(C)(C)C)c2cc(OC(F)F)ccc2n1. The number of halogens is 2. The summed E-state index contributed by atoms with van der Waals surface area (Å²) in [5.41, 5.74) is 1.80. The molecule has 1 aromatic carbocycles. The second-order valence-corrected chi connectivity index (χ2v) is 6.80. The molecule has 136 valence electrons. The normalized spacial score (nSPS) is 11.6. The second kappa shape index (κ2) is 7.63. The molecule has 0 saturated carbocycles. The number of hydrogen-bond acceptors (Lipinski definition) is 4. The van der Waals surface area contributed by atoms with Gasteiger partial charge in [0.15, 0.2) is 0 Å². The van der Waals surface area contributed by atoms with E-state index in [9.17, 15) is 13.6 Å². The van der Waals surface area contributed by atoms with Crippen LogP contribution in [0.2, 0.25) is 0 Å². The summed E-state index contributed by atoms with van der Waals surface area (Å²) in [6, 6.07) is 6.48. The lowest BCUT2D eigenvalue weighted by atomic mass is 9.96. The first-order chi connectivity index (χ1) is 11.7. The van der Waals surface area contributed by atoms with Crippen LogP contribution < -0.4 is 15.4 Å². The Morgan fingerprint density at radius 1 is 1.24 bits per heavy atom. The topological polar surface area (TPSA) is 63.2 Å². The maximum absolute atomic E-state index is 12.4. The van der Waals surface area contributed by atoms with Crippen molar-refractivity contribution in [3.05, 3.63) is 30.0 Å². The van der Waals surface area contributed by atoms with Crippen LogP contribution in [0.5, 0.6) is 5.75 Å². The van der Waals surface area contributed by atoms with Crippen molar-refractivity contribution in [1.29, 1.82) is 0 Å². The van der Waals surface area contributed by atoms with Gasteiger partial charge in [0.25, 0.3) is 0 Å². The Labute approximate surface area is 145 Å². The van der Waals surface area contributed by atoms with Crippen LogP contribution in [0.25, 0.3) is 10.9 Å². The highest BCUT2D eigenvalue weighted by atomic mass is 19.3. The molecule has 0 spiro atoms. The summed E-state index contributed by atoms with van der Waals surface area (Å²) in [6.45, 7) is 5.47.